The standard InChI is InChI=1S/C7H13N5O/c1-4-3-9-10-6(4)7-5(2-8)11-13-12-7/h4,6,9-10H,2-3,8H2,1H3. The maximum atomic E-state index is 5.50. The average Bonchev–Trinajstić information content (AvgIpc) is 2.71. The molecule has 0 aromatic carbocycles. The second-order valence-electron chi connectivity index (χ2n) is 3.28. The number of nitrogens with two attached hydrogens (primary N) is 1. The lowest BCUT2D eigenvalue weighted by atomic mass is 10.0. The molecule has 1 aliphatic rings. The van der Waals surface area contributed by atoms with Gasteiger partial charge in [0.2, 0.25) is 0 Å². The first kappa shape index (κ1) is 8.61. The number of aromatic nitrogens is 2. The summed E-state index contributed by atoms with van der Waals surface area (Å²) in [4.78, 5) is 0. The number of nitrogens with one attached hydrogen (secondary N) is 2. The van der Waals surface area contributed by atoms with E-state index in [1.54, 1.807) is 0 Å². The summed E-state index contributed by atoms with van der Waals surface area (Å²) >= 11 is 0. The van der Waals surface area contributed by atoms with Gasteiger partial charge in [-0.05, 0) is 5.92 Å². The van der Waals surface area contributed by atoms with Crippen molar-refractivity contribution in [2.75, 3.05) is 6.54 Å². The summed E-state index contributed by atoms with van der Waals surface area (Å²) in [5.74, 6) is 0.470. The van der Waals surface area contributed by atoms with Gasteiger partial charge in [0, 0.05) is 13.1 Å². The SMILES string of the molecule is CC1CNNC1c1nonc1CN. The van der Waals surface area contributed by atoms with E-state index < -0.39 is 0 Å². The van der Waals surface area contributed by atoms with E-state index in [2.05, 4.69) is 32.7 Å². The summed E-state index contributed by atoms with van der Waals surface area (Å²) in [5.41, 5.74) is 13.2. The molecule has 0 spiro atoms. The van der Waals surface area contributed by atoms with Crippen LogP contribution in [0.5, 0.6) is 0 Å². The van der Waals surface area contributed by atoms with Gasteiger partial charge in [-0.1, -0.05) is 17.2 Å². The van der Waals surface area contributed by atoms with Crippen molar-refractivity contribution in [3.63, 3.8) is 0 Å². The third kappa shape index (κ3) is 1.43. The molecule has 13 heavy (non-hydrogen) atoms. The van der Waals surface area contributed by atoms with Gasteiger partial charge in [-0.2, -0.15) is 0 Å². The highest BCUT2D eigenvalue weighted by molar-refractivity contribution is 5.14. The van der Waals surface area contributed by atoms with Crippen LogP contribution in [0, 0.1) is 5.92 Å². The van der Waals surface area contributed by atoms with Crippen molar-refractivity contribution in [3.05, 3.63) is 11.4 Å². The third-order valence-electron chi connectivity index (χ3n) is 2.32. The van der Waals surface area contributed by atoms with Gasteiger partial charge in [-0.3, -0.25) is 5.43 Å². The van der Waals surface area contributed by atoms with Crippen LogP contribution in [0.15, 0.2) is 4.63 Å². The number of hydrazine groups is 1. The van der Waals surface area contributed by atoms with Crippen LogP contribution in [-0.2, 0) is 6.54 Å². The summed E-state index contributed by atoms with van der Waals surface area (Å²) in [5, 5.41) is 7.59. The zero-order valence-corrected chi connectivity index (χ0v) is 7.45. The Balaban J connectivity index is 2.23. The second-order valence-corrected chi connectivity index (χ2v) is 3.28. The monoisotopic (exact) mass is 183 g/mol. The quantitative estimate of drug-likeness (QED) is 0.562. The highest BCUT2D eigenvalue weighted by atomic mass is 16.6. The topological polar surface area (TPSA) is 89.0 Å². The van der Waals surface area contributed by atoms with Crippen LogP contribution in [0.1, 0.15) is 24.4 Å². The Morgan fingerprint density at radius 1 is 1.62 bits per heavy atom. The molecule has 72 valence electrons. The summed E-state index contributed by atoms with van der Waals surface area (Å²) in [6.07, 6.45) is 0. The Kier molecular flexibility index (Phi) is 2.26. The largest absolute Gasteiger partial charge is 0.325 e. The predicted octanol–water partition coefficient (Wildman–Crippen LogP) is -0.687. The fraction of sp³-hybridized carbons (Fsp3) is 0.714. The van der Waals surface area contributed by atoms with E-state index >= 15 is 0 Å². The van der Waals surface area contributed by atoms with Gasteiger partial charge in [0.15, 0.2) is 0 Å². The summed E-state index contributed by atoms with van der Waals surface area (Å²) in [6, 6.07) is 0.157. The lowest BCUT2D eigenvalue weighted by molar-refractivity contribution is 0.294. The van der Waals surface area contributed by atoms with E-state index in [9.17, 15) is 0 Å². The van der Waals surface area contributed by atoms with Crippen LogP contribution in [0.3, 0.4) is 0 Å². The van der Waals surface area contributed by atoms with E-state index in [0.717, 1.165) is 17.9 Å². The number of hydrogen-bond acceptors (Lipinski definition) is 6. The zero-order chi connectivity index (χ0) is 9.26. The Bertz CT molecular complexity index is 286. The molecule has 2 rings (SSSR count). The Labute approximate surface area is 75.8 Å². The van der Waals surface area contributed by atoms with Crippen LogP contribution in [0.4, 0.5) is 0 Å². The summed E-state index contributed by atoms with van der Waals surface area (Å²) in [7, 11) is 0. The molecule has 1 aromatic rings. The van der Waals surface area contributed by atoms with E-state index in [-0.39, 0.29) is 6.04 Å². The van der Waals surface area contributed by atoms with Gasteiger partial charge in [0.1, 0.15) is 11.4 Å². The van der Waals surface area contributed by atoms with Crippen molar-refractivity contribution in [1.82, 2.24) is 21.2 Å². The molecular weight excluding hydrogens is 170 g/mol. The van der Waals surface area contributed by atoms with Crippen molar-refractivity contribution in [3.8, 4) is 0 Å². The Hall–Kier alpha value is -0.980. The van der Waals surface area contributed by atoms with Crippen molar-refractivity contribution in [1.29, 1.82) is 0 Å². The maximum absolute atomic E-state index is 5.50. The molecule has 1 saturated heterocycles. The Morgan fingerprint density at radius 3 is 3.08 bits per heavy atom. The molecule has 2 heterocycles. The first-order valence-electron chi connectivity index (χ1n) is 4.32. The van der Waals surface area contributed by atoms with Crippen molar-refractivity contribution in [2.24, 2.45) is 11.7 Å². The normalized spacial score (nSPS) is 28.2. The van der Waals surface area contributed by atoms with Gasteiger partial charge in [-0.25, -0.2) is 10.1 Å². The van der Waals surface area contributed by atoms with Gasteiger partial charge >= 0.3 is 0 Å². The molecule has 4 N–H and O–H groups in total. The fourth-order valence-electron chi connectivity index (χ4n) is 1.52. The van der Waals surface area contributed by atoms with Gasteiger partial charge in [0.25, 0.3) is 0 Å². The highest BCUT2D eigenvalue weighted by Gasteiger charge is 2.29. The Morgan fingerprint density at radius 2 is 2.46 bits per heavy atom. The molecule has 6 nitrogen and oxygen atoms in total. The molecule has 1 aliphatic heterocycles. The highest BCUT2D eigenvalue weighted by Crippen LogP contribution is 2.24. The molecular formula is C7H13N5O. The third-order valence-corrected chi connectivity index (χ3v) is 2.32. The first-order chi connectivity index (χ1) is 6.33. The van der Waals surface area contributed by atoms with Crippen LogP contribution < -0.4 is 16.6 Å². The van der Waals surface area contributed by atoms with Crippen LogP contribution >= 0.6 is 0 Å². The van der Waals surface area contributed by atoms with Gasteiger partial charge < -0.3 is 5.73 Å². The lowest BCUT2D eigenvalue weighted by Gasteiger charge is -2.10. The van der Waals surface area contributed by atoms with Crippen LogP contribution in [0.2, 0.25) is 0 Å². The molecule has 0 amide bonds. The average molecular weight is 183 g/mol. The summed E-state index contributed by atoms with van der Waals surface area (Å²) in [6.45, 7) is 3.41. The predicted molar refractivity (Wildman–Crippen MR) is 45.2 cm³/mol. The minimum absolute atomic E-state index is 0.157. The van der Waals surface area contributed by atoms with Crippen molar-refractivity contribution in [2.45, 2.75) is 19.5 Å². The molecule has 2 atom stereocenters. The molecule has 1 fully saturated rings. The molecule has 2 unspecified atom stereocenters. The minimum atomic E-state index is 0.157. The van der Waals surface area contributed by atoms with Gasteiger partial charge in [-0.15, -0.1) is 0 Å². The van der Waals surface area contributed by atoms with E-state index in [1.807, 2.05) is 0 Å². The molecule has 0 aliphatic carbocycles. The number of hydrogen-bond donors (Lipinski definition) is 3. The van der Waals surface area contributed by atoms with E-state index in [0.29, 0.717) is 12.5 Å². The lowest BCUT2D eigenvalue weighted by Crippen LogP contribution is -2.26. The molecule has 0 saturated carbocycles. The molecule has 0 radical (unpaired) electrons. The minimum Gasteiger partial charge on any atom is -0.325 e. The van der Waals surface area contributed by atoms with Crippen LogP contribution in [0.25, 0.3) is 0 Å². The number of rotatable bonds is 2. The van der Waals surface area contributed by atoms with E-state index in [1.165, 1.54) is 0 Å². The number of nitrogens with zero attached hydrogens (tertiary/aromatic N) is 2. The second kappa shape index (κ2) is 3.41. The zero-order valence-electron chi connectivity index (χ0n) is 7.45. The molecule has 6 heteroatoms. The smallest absolute Gasteiger partial charge is 0.128 e. The summed E-state index contributed by atoms with van der Waals surface area (Å²) < 4.78 is 4.65. The van der Waals surface area contributed by atoms with Gasteiger partial charge in [0.05, 0.1) is 6.04 Å². The first-order valence-corrected chi connectivity index (χ1v) is 4.32. The molecule has 1 aromatic heterocycles. The van der Waals surface area contributed by atoms with Crippen LogP contribution in [-0.4, -0.2) is 16.9 Å². The van der Waals surface area contributed by atoms with E-state index in [4.69, 9.17) is 5.73 Å². The maximum Gasteiger partial charge on any atom is 0.128 e. The van der Waals surface area contributed by atoms with Crippen molar-refractivity contribution < 1.29 is 4.63 Å². The molecule has 0 bridgehead atoms. The van der Waals surface area contributed by atoms with Crippen molar-refractivity contribution >= 4 is 0 Å². The fourth-order valence-corrected chi connectivity index (χ4v) is 1.52.